The third kappa shape index (κ3) is 4.06. The number of carbonyl (C=O) groups is 2. The highest BCUT2D eigenvalue weighted by Crippen LogP contribution is 2.16. The summed E-state index contributed by atoms with van der Waals surface area (Å²) in [7, 11) is 0. The van der Waals surface area contributed by atoms with Gasteiger partial charge in [0.05, 0.1) is 11.8 Å². The number of nitrogens with one attached hydrogen (secondary N) is 1. The van der Waals surface area contributed by atoms with Gasteiger partial charge in [-0.1, -0.05) is 27.2 Å². The molecule has 0 saturated heterocycles. The highest BCUT2D eigenvalue weighted by Gasteiger charge is 2.34. The van der Waals surface area contributed by atoms with E-state index in [4.69, 9.17) is 0 Å². The highest BCUT2D eigenvalue weighted by molar-refractivity contribution is 5.98. The van der Waals surface area contributed by atoms with Crippen molar-refractivity contribution in [1.29, 1.82) is 0 Å². The molecule has 118 valence electrons. The molecule has 1 aromatic rings. The molecule has 1 aromatic heterocycles. The Kier molecular flexibility index (Phi) is 5.52. The number of hydrogen-bond donors (Lipinski definition) is 2. The number of carbonyl (C=O) groups excluding carboxylic acids is 1. The summed E-state index contributed by atoms with van der Waals surface area (Å²) in [6.45, 7) is 10.1. The van der Waals surface area contributed by atoms with Crippen LogP contribution in [0.2, 0.25) is 0 Å². The van der Waals surface area contributed by atoms with Crippen molar-refractivity contribution < 1.29 is 14.7 Å². The molecule has 1 heterocycles. The molecule has 1 amide bonds. The first-order valence-electron chi connectivity index (χ1n) is 7.29. The van der Waals surface area contributed by atoms with Crippen LogP contribution in [0.4, 0.5) is 0 Å². The maximum Gasteiger partial charge on any atom is 0.329 e. The van der Waals surface area contributed by atoms with Gasteiger partial charge in [-0.05, 0) is 26.2 Å². The fourth-order valence-electron chi connectivity index (χ4n) is 2.24. The quantitative estimate of drug-likeness (QED) is 0.808. The number of rotatable bonds is 7. The molecule has 21 heavy (non-hydrogen) atoms. The summed E-state index contributed by atoms with van der Waals surface area (Å²) in [6, 6.07) is 0. The molecule has 1 rings (SSSR count). The van der Waals surface area contributed by atoms with Crippen molar-refractivity contribution in [2.45, 2.75) is 59.5 Å². The van der Waals surface area contributed by atoms with Crippen molar-refractivity contribution in [1.82, 2.24) is 15.1 Å². The van der Waals surface area contributed by atoms with Gasteiger partial charge >= 0.3 is 5.97 Å². The summed E-state index contributed by atoms with van der Waals surface area (Å²) in [5.74, 6) is -0.991. The molecule has 2 N–H and O–H groups in total. The van der Waals surface area contributed by atoms with E-state index in [2.05, 4.69) is 24.3 Å². The number of hydrogen-bond acceptors (Lipinski definition) is 3. The predicted molar refractivity (Wildman–Crippen MR) is 80.2 cm³/mol. The van der Waals surface area contributed by atoms with Gasteiger partial charge in [-0.25, -0.2) is 4.79 Å². The number of nitrogens with zero attached hydrogens (tertiary/aromatic N) is 2. The number of carboxylic acids is 1. The molecule has 0 fully saturated rings. The Hall–Kier alpha value is -1.85. The Morgan fingerprint density at radius 1 is 1.48 bits per heavy atom. The molecule has 1 unspecified atom stereocenters. The molecule has 0 aliphatic rings. The van der Waals surface area contributed by atoms with Crippen LogP contribution in [0.15, 0.2) is 6.20 Å². The molecular weight excluding hydrogens is 270 g/mol. The SMILES string of the molecule is CCCC(C)(NC(=O)c1cnn(CC(C)C)c1C)C(=O)O. The van der Waals surface area contributed by atoms with Crippen LogP contribution in [0.5, 0.6) is 0 Å². The summed E-state index contributed by atoms with van der Waals surface area (Å²) >= 11 is 0. The van der Waals surface area contributed by atoms with Crippen LogP contribution in [-0.4, -0.2) is 32.3 Å². The predicted octanol–water partition coefficient (Wildman–Crippen LogP) is 2.22. The third-order valence-corrected chi connectivity index (χ3v) is 3.50. The Balaban J connectivity index is 2.94. The van der Waals surface area contributed by atoms with E-state index in [0.29, 0.717) is 24.3 Å². The van der Waals surface area contributed by atoms with Gasteiger partial charge in [0.2, 0.25) is 0 Å². The van der Waals surface area contributed by atoms with Crippen LogP contribution < -0.4 is 5.32 Å². The molecule has 0 aliphatic carbocycles. The number of aliphatic carboxylic acids is 1. The van der Waals surface area contributed by atoms with E-state index < -0.39 is 11.5 Å². The first-order chi connectivity index (χ1) is 9.71. The summed E-state index contributed by atoms with van der Waals surface area (Å²) < 4.78 is 1.78. The molecule has 0 spiro atoms. The number of carboxylic acid groups (broad SMARTS) is 1. The van der Waals surface area contributed by atoms with Gasteiger partial charge in [0.1, 0.15) is 5.54 Å². The molecule has 1 atom stereocenters. The van der Waals surface area contributed by atoms with E-state index in [1.54, 1.807) is 4.68 Å². The van der Waals surface area contributed by atoms with E-state index in [9.17, 15) is 14.7 Å². The van der Waals surface area contributed by atoms with Gasteiger partial charge in [0.15, 0.2) is 0 Å². The smallest absolute Gasteiger partial charge is 0.329 e. The maximum absolute atomic E-state index is 12.3. The van der Waals surface area contributed by atoms with E-state index in [0.717, 1.165) is 12.2 Å². The van der Waals surface area contributed by atoms with Gasteiger partial charge in [-0.3, -0.25) is 9.48 Å². The minimum absolute atomic E-state index is 0.382. The lowest BCUT2D eigenvalue weighted by Gasteiger charge is -2.25. The van der Waals surface area contributed by atoms with Gasteiger partial charge in [0.25, 0.3) is 5.91 Å². The van der Waals surface area contributed by atoms with Gasteiger partial charge < -0.3 is 10.4 Å². The van der Waals surface area contributed by atoms with Gasteiger partial charge in [-0.15, -0.1) is 0 Å². The summed E-state index contributed by atoms with van der Waals surface area (Å²) in [6.07, 6.45) is 2.56. The van der Waals surface area contributed by atoms with Crippen LogP contribution in [0, 0.1) is 12.8 Å². The molecule has 6 heteroatoms. The average molecular weight is 295 g/mol. The van der Waals surface area contributed by atoms with Crippen LogP contribution in [0.25, 0.3) is 0 Å². The third-order valence-electron chi connectivity index (χ3n) is 3.50. The molecule has 6 nitrogen and oxygen atoms in total. The van der Waals surface area contributed by atoms with Crippen molar-refractivity contribution in [3.63, 3.8) is 0 Å². The Morgan fingerprint density at radius 3 is 2.57 bits per heavy atom. The van der Waals surface area contributed by atoms with Gasteiger partial charge in [0, 0.05) is 12.2 Å². The first kappa shape index (κ1) is 17.2. The second kappa shape index (κ2) is 6.74. The van der Waals surface area contributed by atoms with Crippen LogP contribution in [0.3, 0.4) is 0 Å². The van der Waals surface area contributed by atoms with E-state index >= 15 is 0 Å². The minimum Gasteiger partial charge on any atom is -0.480 e. The normalized spacial score (nSPS) is 14.0. The summed E-state index contributed by atoms with van der Waals surface area (Å²) in [5.41, 5.74) is -0.0667. The lowest BCUT2D eigenvalue weighted by atomic mass is 9.96. The lowest BCUT2D eigenvalue weighted by Crippen LogP contribution is -2.52. The van der Waals surface area contributed by atoms with E-state index in [-0.39, 0.29) is 5.91 Å². The van der Waals surface area contributed by atoms with Gasteiger partial charge in [-0.2, -0.15) is 5.10 Å². The number of aromatic nitrogens is 2. The minimum atomic E-state index is -1.25. The monoisotopic (exact) mass is 295 g/mol. The Morgan fingerprint density at radius 2 is 2.10 bits per heavy atom. The second-order valence-corrected chi connectivity index (χ2v) is 6.06. The van der Waals surface area contributed by atoms with Crippen molar-refractivity contribution in [3.05, 3.63) is 17.5 Å². The topological polar surface area (TPSA) is 84.2 Å². The van der Waals surface area contributed by atoms with Crippen molar-refractivity contribution in [3.8, 4) is 0 Å². The zero-order chi connectivity index (χ0) is 16.2. The molecule has 0 radical (unpaired) electrons. The largest absolute Gasteiger partial charge is 0.480 e. The van der Waals surface area contributed by atoms with Crippen LogP contribution in [-0.2, 0) is 11.3 Å². The Bertz CT molecular complexity index is 522. The highest BCUT2D eigenvalue weighted by atomic mass is 16.4. The fraction of sp³-hybridized carbons (Fsp3) is 0.667. The molecule has 0 bridgehead atoms. The zero-order valence-electron chi connectivity index (χ0n) is 13.4. The zero-order valence-corrected chi connectivity index (χ0v) is 13.4. The lowest BCUT2D eigenvalue weighted by molar-refractivity contribution is -0.144. The van der Waals surface area contributed by atoms with E-state index in [1.165, 1.54) is 13.1 Å². The molecule has 0 saturated carbocycles. The Labute approximate surface area is 125 Å². The summed E-state index contributed by atoms with van der Waals surface area (Å²) in [5, 5.41) is 16.1. The molecule has 0 aliphatic heterocycles. The van der Waals surface area contributed by atoms with Crippen molar-refractivity contribution in [2.75, 3.05) is 0 Å². The average Bonchev–Trinajstić information content (AvgIpc) is 2.70. The first-order valence-corrected chi connectivity index (χ1v) is 7.29. The second-order valence-electron chi connectivity index (χ2n) is 6.06. The maximum atomic E-state index is 12.3. The number of amides is 1. The standard InChI is InChI=1S/C15H25N3O3/c1-6-7-15(5,14(20)21)17-13(19)12-8-16-18(11(12)4)9-10(2)3/h8,10H,6-7,9H2,1-5H3,(H,17,19)(H,20,21). The molecular formula is C15H25N3O3. The van der Waals surface area contributed by atoms with Crippen LogP contribution >= 0.6 is 0 Å². The van der Waals surface area contributed by atoms with Crippen LogP contribution in [0.1, 0.15) is 56.6 Å². The molecule has 0 aromatic carbocycles. The fourth-order valence-corrected chi connectivity index (χ4v) is 2.24. The van der Waals surface area contributed by atoms with Crippen molar-refractivity contribution in [2.24, 2.45) is 5.92 Å². The van der Waals surface area contributed by atoms with Crippen molar-refractivity contribution >= 4 is 11.9 Å². The van der Waals surface area contributed by atoms with E-state index in [1.807, 2.05) is 13.8 Å². The summed E-state index contributed by atoms with van der Waals surface area (Å²) in [4.78, 5) is 23.7.